The number of nitriles is 1. The summed E-state index contributed by atoms with van der Waals surface area (Å²) >= 11 is 5.87. The van der Waals surface area contributed by atoms with Crippen LogP contribution < -0.4 is 5.32 Å². The maximum absolute atomic E-state index is 12.1. The lowest BCUT2D eigenvalue weighted by atomic mass is 10.0. The Balaban J connectivity index is 2.06. The number of amides is 1. The topological polar surface area (TPSA) is 56.1 Å². The van der Waals surface area contributed by atoms with E-state index < -0.39 is 5.91 Å². The van der Waals surface area contributed by atoms with Crippen molar-refractivity contribution in [3.05, 3.63) is 41.1 Å². The molecule has 1 amide bonds. The average molecular weight is 304 g/mol. The third kappa shape index (κ3) is 4.51. The molecule has 0 aliphatic carbocycles. The van der Waals surface area contributed by atoms with Crippen LogP contribution in [0.25, 0.3) is 0 Å². The number of hydrogen-bond acceptors (Lipinski definition) is 3. The second-order valence-electron chi connectivity index (χ2n) is 5.36. The van der Waals surface area contributed by atoms with Crippen molar-refractivity contribution in [3.63, 3.8) is 0 Å². The van der Waals surface area contributed by atoms with Crippen molar-refractivity contribution in [2.75, 3.05) is 18.4 Å². The standard InChI is InChI=1S/C16H18ClN3O/c1-12-4-3-7-20(10-12)11-13(9-18)16(21)19-15-6-2-5-14(17)8-15/h2,5-6,8,11-12H,3-4,7,10H2,1H3,(H,19,21)/b13-11+. The molecule has 5 heteroatoms. The zero-order valence-corrected chi connectivity index (χ0v) is 12.7. The summed E-state index contributed by atoms with van der Waals surface area (Å²) in [6, 6.07) is 8.84. The summed E-state index contributed by atoms with van der Waals surface area (Å²) in [5, 5.41) is 12.4. The second-order valence-corrected chi connectivity index (χ2v) is 5.80. The number of nitrogens with zero attached hydrogens (tertiary/aromatic N) is 2. The Morgan fingerprint density at radius 1 is 1.57 bits per heavy atom. The van der Waals surface area contributed by atoms with Crippen LogP contribution in [-0.2, 0) is 4.79 Å². The average Bonchev–Trinajstić information content (AvgIpc) is 2.44. The van der Waals surface area contributed by atoms with Crippen LogP contribution in [0, 0.1) is 17.2 Å². The fraction of sp³-hybridized carbons (Fsp3) is 0.375. The molecule has 1 aromatic rings. The number of carbonyl (C=O) groups is 1. The van der Waals surface area contributed by atoms with E-state index in [4.69, 9.17) is 11.6 Å². The van der Waals surface area contributed by atoms with E-state index in [0.29, 0.717) is 16.6 Å². The number of halogens is 1. The first kappa shape index (κ1) is 15.4. The van der Waals surface area contributed by atoms with Gasteiger partial charge < -0.3 is 10.2 Å². The molecule has 1 aliphatic heterocycles. The van der Waals surface area contributed by atoms with E-state index in [-0.39, 0.29) is 5.57 Å². The lowest BCUT2D eigenvalue weighted by molar-refractivity contribution is -0.112. The van der Waals surface area contributed by atoms with Gasteiger partial charge >= 0.3 is 0 Å². The molecule has 1 saturated heterocycles. The van der Waals surface area contributed by atoms with E-state index in [1.807, 2.05) is 11.0 Å². The summed E-state index contributed by atoms with van der Waals surface area (Å²) in [5.74, 6) is 0.184. The van der Waals surface area contributed by atoms with Crippen LogP contribution >= 0.6 is 11.6 Å². The van der Waals surface area contributed by atoms with E-state index in [2.05, 4.69) is 12.2 Å². The predicted molar refractivity (Wildman–Crippen MR) is 83.7 cm³/mol. The highest BCUT2D eigenvalue weighted by Gasteiger charge is 2.16. The van der Waals surface area contributed by atoms with E-state index in [1.54, 1.807) is 30.5 Å². The Bertz CT molecular complexity index is 591. The smallest absolute Gasteiger partial charge is 0.267 e. The van der Waals surface area contributed by atoms with Gasteiger partial charge in [-0.15, -0.1) is 0 Å². The Kier molecular flexibility index (Phi) is 5.24. The summed E-state index contributed by atoms with van der Waals surface area (Å²) in [6.07, 6.45) is 3.95. The number of nitrogens with one attached hydrogen (secondary N) is 1. The van der Waals surface area contributed by atoms with Gasteiger partial charge in [0.2, 0.25) is 0 Å². The molecule has 1 aliphatic rings. The number of anilines is 1. The van der Waals surface area contributed by atoms with Crippen LogP contribution in [0.5, 0.6) is 0 Å². The zero-order chi connectivity index (χ0) is 15.2. The Labute approximate surface area is 130 Å². The molecule has 2 rings (SSSR count). The number of benzene rings is 1. The van der Waals surface area contributed by atoms with Crippen LogP contribution in [0.1, 0.15) is 19.8 Å². The number of hydrogen-bond donors (Lipinski definition) is 1. The quantitative estimate of drug-likeness (QED) is 0.687. The molecule has 1 heterocycles. The van der Waals surface area contributed by atoms with Gasteiger partial charge in [-0.1, -0.05) is 24.6 Å². The molecule has 0 radical (unpaired) electrons. The van der Waals surface area contributed by atoms with Crippen molar-refractivity contribution in [2.24, 2.45) is 5.92 Å². The first-order valence-electron chi connectivity index (χ1n) is 7.01. The molecule has 4 nitrogen and oxygen atoms in total. The molecule has 0 bridgehead atoms. The van der Waals surface area contributed by atoms with Crippen LogP contribution in [-0.4, -0.2) is 23.9 Å². The molecule has 0 aromatic heterocycles. The highest BCUT2D eigenvalue weighted by Crippen LogP contribution is 2.18. The largest absolute Gasteiger partial charge is 0.376 e. The van der Waals surface area contributed by atoms with Crippen molar-refractivity contribution in [1.82, 2.24) is 4.90 Å². The summed E-state index contributed by atoms with van der Waals surface area (Å²) in [7, 11) is 0. The molecule has 1 atom stereocenters. The summed E-state index contributed by atoms with van der Waals surface area (Å²) in [6.45, 7) is 3.95. The molecule has 1 fully saturated rings. The fourth-order valence-corrected chi connectivity index (χ4v) is 2.62. The lowest BCUT2D eigenvalue weighted by Gasteiger charge is -2.29. The van der Waals surface area contributed by atoms with Crippen molar-refractivity contribution >= 4 is 23.2 Å². The van der Waals surface area contributed by atoms with Gasteiger partial charge in [0.25, 0.3) is 5.91 Å². The number of rotatable bonds is 3. The monoisotopic (exact) mass is 303 g/mol. The van der Waals surface area contributed by atoms with Gasteiger partial charge in [-0.05, 0) is 37.0 Å². The van der Waals surface area contributed by atoms with Crippen molar-refractivity contribution in [1.29, 1.82) is 5.26 Å². The molecule has 21 heavy (non-hydrogen) atoms. The fourth-order valence-electron chi connectivity index (χ4n) is 2.43. The summed E-state index contributed by atoms with van der Waals surface area (Å²) in [5.41, 5.74) is 0.699. The third-order valence-corrected chi connectivity index (χ3v) is 3.68. The van der Waals surface area contributed by atoms with Gasteiger partial charge in [0.1, 0.15) is 11.6 Å². The summed E-state index contributed by atoms with van der Waals surface area (Å²) in [4.78, 5) is 14.2. The Hall–Kier alpha value is -1.99. The van der Waals surface area contributed by atoms with Gasteiger partial charge in [-0.2, -0.15) is 5.26 Å². The minimum absolute atomic E-state index is 0.115. The van der Waals surface area contributed by atoms with Gasteiger partial charge in [-0.25, -0.2) is 0 Å². The molecule has 1 aromatic carbocycles. The highest BCUT2D eigenvalue weighted by atomic mass is 35.5. The first-order valence-corrected chi connectivity index (χ1v) is 7.39. The van der Waals surface area contributed by atoms with Crippen LogP contribution in [0.15, 0.2) is 36.0 Å². The number of piperidine rings is 1. The minimum Gasteiger partial charge on any atom is -0.376 e. The maximum atomic E-state index is 12.1. The Morgan fingerprint density at radius 2 is 2.38 bits per heavy atom. The molecular formula is C16H18ClN3O. The van der Waals surface area contributed by atoms with Crippen molar-refractivity contribution in [3.8, 4) is 6.07 Å². The van der Waals surface area contributed by atoms with Crippen LogP contribution in [0.4, 0.5) is 5.69 Å². The predicted octanol–water partition coefficient (Wildman–Crippen LogP) is 3.42. The van der Waals surface area contributed by atoms with Gasteiger partial charge in [0, 0.05) is 30.0 Å². The molecule has 1 unspecified atom stereocenters. The minimum atomic E-state index is -0.405. The van der Waals surface area contributed by atoms with Crippen molar-refractivity contribution in [2.45, 2.75) is 19.8 Å². The van der Waals surface area contributed by atoms with E-state index in [0.717, 1.165) is 19.5 Å². The number of likely N-dealkylation sites (tertiary alicyclic amines) is 1. The molecule has 110 valence electrons. The number of carbonyl (C=O) groups excluding carboxylic acids is 1. The van der Waals surface area contributed by atoms with Crippen LogP contribution in [0.2, 0.25) is 5.02 Å². The third-order valence-electron chi connectivity index (χ3n) is 3.45. The maximum Gasteiger partial charge on any atom is 0.267 e. The summed E-state index contributed by atoms with van der Waals surface area (Å²) < 4.78 is 0. The van der Waals surface area contributed by atoms with Crippen molar-refractivity contribution < 1.29 is 4.79 Å². The van der Waals surface area contributed by atoms with Crippen LogP contribution in [0.3, 0.4) is 0 Å². The van der Waals surface area contributed by atoms with E-state index in [9.17, 15) is 10.1 Å². The van der Waals surface area contributed by atoms with E-state index >= 15 is 0 Å². The second kappa shape index (κ2) is 7.14. The van der Waals surface area contributed by atoms with Gasteiger partial charge in [0.05, 0.1) is 0 Å². The van der Waals surface area contributed by atoms with E-state index in [1.165, 1.54) is 6.42 Å². The lowest BCUT2D eigenvalue weighted by Crippen LogP contribution is -2.31. The highest BCUT2D eigenvalue weighted by molar-refractivity contribution is 6.31. The Morgan fingerprint density at radius 3 is 3.05 bits per heavy atom. The zero-order valence-electron chi connectivity index (χ0n) is 12.0. The van der Waals surface area contributed by atoms with Gasteiger partial charge in [0.15, 0.2) is 0 Å². The molecular weight excluding hydrogens is 286 g/mol. The molecule has 1 N–H and O–H groups in total. The molecule has 0 saturated carbocycles. The van der Waals surface area contributed by atoms with Gasteiger partial charge in [-0.3, -0.25) is 4.79 Å². The first-order chi connectivity index (χ1) is 10.1. The molecule has 0 spiro atoms. The normalized spacial score (nSPS) is 19.0. The SMILES string of the molecule is CC1CCCN(/C=C(\C#N)C(=O)Nc2cccc(Cl)c2)C1.